The first kappa shape index (κ1) is 31.9. The molecule has 216 valence electrons. The number of aliphatic hydroxyl groups excluding tert-OH is 2. The summed E-state index contributed by atoms with van der Waals surface area (Å²) < 4.78 is 5.00. The van der Waals surface area contributed by atoms with Crippen molar-refractivity contribution in [3.63, 3.8) is 0 Å². The van der Waals surface area contributed by atoms with E-state index >= 15 is 0 Å². The number of nitrogens with one attached hydrogen (secondary N) is 3. The van der Waals surface area contributed by atoms with E-state index in [0.29, 0.717) is 38.1 Å². The molecule has 2 rings (SSSR count). The summed E-state index contributed by atoms with van der Waals surface area (Å²) in [5.41, 5.74) is 1.62. The number of methoxy groups -OCH3 is 1. The molecule has 9 heteroatoms. The predicted molar refractivity (Wildman–Crippen MR) is 154 cm³/mol. The van der Waals surface area contributed by atoms with Crippen LogP contribution < -0.4 is 20.7 Å². The predicted octanol–water partition coefficient (Wildman–Crippen LogP) is 3.88. The molecule has 1 aliphatic rings. The fourth-order valence-electron chi connectivity index (χ4n) is 4.15. The topological polar surface area (TPSA) is 140 Å². The summed E-state index contributed by atoms with van der Waals surface area (Å²) >= 11 is 0. The van der Waals surface area contributed by atoms with E-state index in [1.165, 1.54) is 26.0 Å². The van der Waals surface area contributed by atoms with Gasteiger partial charge in [-0.1, -0.05) is 37.8 Å². The fourth-order valence-corrected chi connectivity index (χ4v) is 4.15. The minimum atomic E-state index is -0.816. The normalized spacial score (nSPS) is 15.1. The van der Waals surface area contributed by atoms with Crippen LogP contribution in [0.25, 0.3) is 6.08 Å². The number of amides is 2. The van der Waals surface area contributed by atoms with E-state index in [0.717, 1.165) is 56.3 Å². The fraction of sp³-hybridized carbons (Fsp3) is 0.533. The van der Waals surface area contributed by atoms with Crippen molar-refractivity contribution in [1.82, 2.24) is 16.0 Å². The molecule has 1 aromatic rings. The summed E-state index contributed by atoms with van der Waals surface area (Å²) in [5, 5.41) is 38.0. The summed E-state index contributed by atoms with van der Waals surface area (Å²) in [6.07, 6.45) is 14.6. The number of rotatable bonds is 19. The van der Waals surface area contributed by atoms with Crippen LogP contribution in [0.4, 0.5) is 0 Å². The molecule has 39 heavy (non-hydrogen) atoms. The van der Waals surface area contributed by atoms with Gasteiger partial charge in [-0.2, -0.15) is 0 Å². The van der Waals surface area contributed by atoms with Gasteiger partial charge in [0.2, 0.25) is 11.8 Å². The number of allylic oxidation sites excluding steroid dienone is 2. The lowest BCUT2D eigenvalue weighted by molar-refractivity contribution is -0.121. The van der Waals surface area contributed by atoms with Crippen molar-refractivity contribution in [3.8, 4) is 11.5 Å². The van der Waals surface area contributed by atoms with E-state index in [-0.39, 0.29) is 23.3 Å². The largest absolute Gasteiger partial charge is 0.510 e. The minimum absolute atomic E-state index is 0.0201. The Morgan fingerprint density at radius 3 is 2.38 bits per heavy atom. The molecule has 1 aliphatic carbocycles. The average molecular weight is 544 g/mol. The maximum atomic E-state index is 12.0. The van der Waals surface area contributed by atoms with Crippen LogP contribution in [-0.2, 0) is 9.59 Å². The molecule has 0 radical (unpaired) electrons. The molecule has 0 aliphatic heterocycles. The standard InChI is InChI=1S/C30H45N3O6/c1-39-28-14-10-24(22-27(28)36)12-16-30(38)33-20-8-18-31-17-6-4-2-3-5-7-19-32-29(37)15-11-23-9-13-25(34)26(35)21-23/h9-10,12,14,16,21-22,25,31,34-36H,2-8,11,13,15,17-20H2,1H3,(H,32,37)(H,33,38)/b16-12+/t25-/m1/s1. The van der Waals surface area contributed by atoms with Crippen molar-refractivity contribution in [3.05, 3.63) is 53.3 Å². The molecular weight excluding hydrogens is 498 g/mol. The van der Waals surface area contributed by atoms with Gasteiger partial charge in [-0.3, -0.25) is 9.59 Å². The second-order valence-corrected chi connectivity index (χ2v) is 9.73. The van der Waals surface area contributed by atoms with Gasteiger partial charge < -0.3 is 36.0 Å². The lowest BCUT2D eigenvalue weighted by Crippen LogP contribution is -2.26. The highest BCUT2D eigenvalue weighted by atomic mass is 16.5. The third-order valence-corrected chi connectivity index (χ3v) is 6.48. The van der Waals surface area contributed by atoms with Crippen molar-refractivity contribution in [2.45, 2.75) is 70.3 Å². The molecule has 0 heterocycles. The lowest BCUT2D eigenvalue weighted by atomic mass is 9.99. The Morgan fingerprint density at radius 1 is 0.974 bits per heavy atom. The van der Waals surface area contributed by atoms with Crippen LogP contribution in [0.2, 0.25) is 0 Å². The zero-order chi connectivity index (χ0) is 28.3. The number of hydrogen-bond donors (Lipinski definition) is 6. The summed E-state index contributed by atoms with van der Waals surface area (Å²) in [7, 11) is 1.49. The van der Waals surface area contributed by atoms with Gasteiger partial charge in [0.25, 0.3) is 0 Å². The Bertz CT molecular complexity index is 989. The molecule has 1 aromatic carbocycles. The number of unbranched alkanes of at least 4 members (excludes halogenated alkanes) is 5. The number of carbonyl (C=O) groups is 2. The van der Waals surface area contributed by atoms with Gasteiger partial charge in [-0.25, -0.2) is 0 Å². The molecule has 2 amide bonds. The van der Waals surface area contributed by atoms with Crippen LogP contribution in [0.5, 0.6) is 11.5 Å². The molecule has 1 atom stereocenters. The van der Waals surface area contributed by atoms with Gasteiger partial charge in [-0.05, 0) is 80.6 Å². The van der Waals surface area contributed by atoms with Gasteiger partial charge in [0.15, 0.2) is 11.5 Å². The number of aliphatic hydroxyl groups is 2. The second kappa shape index (κ2) is 18.9. The molecule has 0 bridgehead atoms. The number of phenols is 1. The summed E-state index contributed by atoms with van der Waals surface area (Å²) in [6.45, 7) is 3.11. The molecule has 0 saturated heterocycles. The first-order valence-corrected chi connectivity index (χ1v) is 14.0. The molecule has 0 unspecified atom stereocenters. The van der Waals surface area contributed by atoms with Crippen LogP contribution in [0.15, 0.2) is 47.8 Å². The number of aromatic hydroxyl groups is 1. The summed E-state index contributed by atoms with van der Waals surface area (Å²) in [6, 6.07) is 4.97. The third kappa shape index (κ3) is 13.9. The minimum Gasteiger partial charge on any atom is -0.510 e. The second-order valence-electron chi connectivity index (χ2n) is 9.73. The third-order valence-electron chi connectivity index (χ3n) is 6.48. The van der Waals surface area contributed by atoms with E-state index in [4.69, 9.17) is 4.74 Å². The molecule has 0 spiro atoms. The van der Waals surface area contributed by atoms with E-state index in [1.54, 1.807) is 30.4 Å². The molecule has 0 saturated carbocycles. The first-order chi connectivity index (χ1) is 18.9. The Balaban J connectivity index is 1.35. The molecule has 0 fully saturated rings. The summed E-state index contributed by atoms with van der Waals surface area (Å²) in [4.78, 5) is 23.9. The lowest BCUT2D eigenvalue weighted by Gasteiger charge is -2.14. The Labute approximate surface area is 232 Å². The van der Waals surface area contributed by atoms with E-state index in [2.05, 4.69) is 16.0 Å². The van der Waals surface area contributed by atoms with Gasteiger partial charge in [0, 0.05) is 25.6 Å². The van der Waals surface area contributed by atoms with Gasteiger partial charge in [-0.15, -0.1) is 0 Å². The van der Waals surface area contributed by atoms with Gasteiger partial charge >= 0.3 is 0 Å². The number of phenolic OH excluding ortho intramolecular Hbond substituents is 1. The van der Waals surface area contributed by atoms with E-state index in [1.807, 2.05) is 6.08 Å². The Morgan fingerprint density at radius 2 is 1.67 bits per heavy atom. The molecule has 9 nitrogen and oxygen atoms in total. The summed E-state index contributed by atoms with van der Waals surface area (Å²) in [5.74, 6) is 0.265. The number of ether oxygens (including phenoxy) is 1. The highest BCUT2D eigenvalue weighted by molar-refractivity contribution is 5.91. The number of carbonyl (C=O) groups excluding carboxylic acids is 2. The van der Waals surface area contributed by atoms with Crippen molar-refractivity contribution >= 4 is 17.9 Å². The van der Waals surface area contributed by atoms with Crippen molar-refractivity contribution < 1.29 is 29.6 Å². The van der Waals surface area contributed by atoms with Crippen LogP contribution >= 0.6 is 0 Å². The van der Waals surface area contributed by atoms with Crippen molar-refractivity contribution in [2.75, 3.05) is 33.3 Å². The Kier molecular flexibility index (Phi) is 15.4. The smallest absolute Gasteiger partial charge is 0.243 e. The number of hydrogen-bond acceptors (Lipinski definition) is 7. The maximum absolute atomic E-state index is 12.0. The zero-order valence-electron chi connectivity index (χ0n) is 23.1. The van der Waals surface area contributed by atoms with Crippen molar-refractivity contribution in [1.29, 1.82) is 0 Å². The maximum Gasteiger partial charge on any atom is 0.243 e. The Hall–Kier alpha value is -3.30. The van der Waals surface area contributed by atoms with Crippen LogP contribution in [-0.4, -0.2) is 66.5 Å². The zero-order valence-corrected chi connectivity index (χ0v) is 23.1. The van der Waals surface area contributed by atoms with E-state index in [9.17, 15) is 24.9 Å². The molecular formula is C30H45N3O6. The van der Waals surface area contributed by atoms with Crippen molar-refractivity contribution in [2.24, 2.45) is 0 Å². The number of benzene rings is 1. The molecule has 6 N–H and O–H groups in total. The average Bonchev–Trinajstić information content (AvgIpc) is 2.92. The first-order valence-electron chi connectivity index (χ1n) is 14.0. The van der Waals surface area contributed by atoms with Gasteiger partial charge in [0.05, 0.1) is 7.11 Å². The quantitative estimate of drug-likeness (QED) is 0.115. The van der Waals surface area contributed by atoms with Gasteiger partial charge in [0.1, 0.15) is 11.9 Å². The highest BCUT2D eigenvalue weighted by Crippen LogP contribution is 2.26. The molecule has 0 aromatic heterocycles. The van der Waals surface area contributed by atoms with Crippen LogP contribution in [0, 0.1) is 0 Å². The highest BCUT2D eigenvalue weighted by Gasteiger charge is 2.14. The SMILES string of the molecule is COc1ccc(/C=C/C(=O)NCCCNCCCCCCCCNC(=O)CCC2=CC[C@@H](O)C(O)=C2)cc1O. The monoisotopic (exact) mass is 543 g/mol. The van der Waals surface area contributed by atoms with Crippen LogP contribution in [0.1, 0.15) is 69.8 Å². The van der Waals surface area contributed by atoms with E-state index < -0.39 is 6.10 Å². The van der Waals surface area contributed by atoms with Crippen LogP contribution in [0.3, 0.4) is 0 Å².